The van der Waals surface area contributed by atoms with Crippen molar-refractivity contribution in [2.45, 2.75) is 58.0 Å². The van der Waals surface area contributed by atoms with Gasteiger partial charge in [-0.2, -0.15) is 0 Å². The zero-order valence-electron chi connectivity index (χ0n) is 12.1. The zero-order valence-corrected chi connectivity index (χ0v) is 12.1. The molecule has 0 aromatic carbocycles. The van der Waals surface area contributed by atoms with E-state index in [1.165, 1.54) is 25.7 Å². The standard InChI is InChI=1S/C16H27NO2/c1-12-4-2-3-5-14(12)11-19-15-8-9-17(10-15)16(18)13-6-7-13/h12-15H,2-11H2,1H3/t12-,14+,15?/m1/s1. The van der Waals surface area contributed by atoms with Gasteiger partial charge in [0.25, 0.3) is 0 Å². The van der Waals surface area contributed by atoms with Crippen molar-refractivity contribution < 1.29 is 9.53 Å². The SMILES string of the molecule is C[C@@H]1CCCC[C@H]1COC1CCN(C(=O)C2CC2)C1. The quantitative estimate of drug-likeness (QED) is 0.782. The molecule has 1 saturated heterocycles. The molecule has 0 aromatic heterocycles. The van der Waals surface area contributed by atoms with Crippen LogP contribution in [0.15, 0.2) is 0 Å². The molecule has 0 N–H and O–H groups in total. The first-order valence-electron chi connectivity index (χ1n) is 8.14. The van der Waals surface area contributed by atoms with Gasteiger partial charge in [-0.1, -0.05) is 26.2 Å². The van der Waals surface area contributed by atoms with Crippen molar-refractivity contribution in [3.8, 4) is 0 Å². The average molecular weight is 265 g/mol. The van der Waals surface area contributed by atoms with Crippen molar-refractivity contribution in [3.63, 3.8) is 0 Å². The predicted molar refractivity (Wildman–Crippen MR) is 74.8 cm³/mol. The first-order valence-corrected chi connectivity index (χ1v) is 8.14. The number of likely N-dealkylation sites (tertiary alicyclic amines) is 1. The average Bonchev–Trinajstić information content (AvgIpc) is 3.16. The molecule has 108 valence electrons. The van der Waals surface area contributed by atoms with Crippen LogP contribution in [0.2, 0.25) is 0 Å². The summed E-state index contributed by atoms with van der Waals surface area (Å²) in [4.78, 5) is 14.0. The molecule has 3 nitrogen and oxygen atoms in total. The Balaban J connectivity index is 1.40. The molecule has 2 aliphatic carbocycles. The lowest BCUT2D eigenvalue weighted by Crippen LogP contribution is -2.32. The van der Waals surface area contributed by atoms with Crippen LogP contribution >= 0.6 is 0 Å². The minimum Gasteiger partial charge on any atom is -0.376 e. The van der Waals surface area contributed by atoms with Crippen LogP contribution in [0, 0.1) is 17.8 Å². The summed E-state index contributed by atoms with van der Waals surface area (Å²) in [6.07, 6.45) is 9.03. The van der Waals surface area contributed by atoms with Gasteiger partial charge >= 0.3 is 0 Å². The van der Waals surface area contributed by atoms with Crippen molar-refractivity contribution in [1.82, 2.24) is 4.90 Å². The van der Waals surface area contributed by atoms with Crippen LogP contribution < -0.4 is 0 Å². The second kappa shape index (κ2) is 5.82. The minimum atomic E-state index is 0.303. The van der Waals surface area contributed by atoms with E-state index < -0.39 is 0 Å². The fraction of sp³-hybridized carbons (Fsp3) is 0.938. The molecule has 3 aliphatic rings. The van der Waals surface area contributed by atoms with Crippen LogP contribution in [0.1, 0.15) is 51.9 Å². The Kier molecular flexibility index (Phi) is 4.11. The summed E-state index contributed by atoms with van der Waals surface area (Å²) in [5, 5.41) is 0. The molecule has 1 heterocycles. The largest absolute Gasteiger partial charge is 0.376 e. The van der Waals surface area contributed by atoms with E-state index in [9.17, 15) is 4.79 Å². The van der Waals surface area contributed by atoms with E-state index >= 15 is 0 Å². The lowest BCUT2D eigenvalue weighted by Gasteiger charge is -2.29. The van der Waals surface area contributed by atoms with Gasteiger partial charge in [-0.15, -0.1) is 0 Å². The van der Waals surface area contributed by atoms with Crippen LogP contribution in [0.3, 0.4) is 0 Å². The normalized spacial score (nSPS) is 35.6. The van der Waals surface area contributed by atoms with Gasteiger partial charge in [-0.05, 0) is 37.5 Å². The maximum atomic E-state index is 12.0. The molecule has 0 bridgehead atoms. The molecule has 1 unspecified atom stereocenters. The highest BCUT2D eigenvalue weighted by Crippen LogP contribution is 2.33. The van der Waals surface area contributed by atoms with E-state index in [0.29, 0.717) is 17.9 Å². The Hall–Kier alpha value is -0.570. The molecular formula is C16H27NO2. The Labute approximate surface area is 116 Å². The van der Waals surface area contributed by atoms with Crippen molar-refractivity contribution in [2.75, 3.05) is 19.7 Å². The Morgan fingerprint density at radius 1 is 1.16 bits per heavy atom. The molecule has 3 rings (SSSR count). The molecule has 3 heteroatoms. The number of carbonyl (C=O) groups is 1. The van der Waals surface area contributed by atoms with Crippen molar-refractivity contribution >= 4 is 5.91 Å². The van der Waals surface area contributed by atoms with Gasteiger partial charge in [-0.3, -0.25) is 4.79 Å². The van der Waals surface area contributed by atoms with E-state index in [1.54, 1.807) is 0 Å². The van der Waals surface area contributed by atoms with Gasteiger partial charge in [0.1, 0.15) is 0 Å². The number of ether oxygens (including phenoxy) is 1. The van der Waals surface area contributed by atoms with Gasteiger partial charge in [-0.25, -0.2) is 0 Å². The molecule has 3 fully saturated rings. The fourth-order valence-corrected chi connectivity index (χ4v) is 3.55. The summed E-state index contributed by atoms with van der Waals surface area (Å²) >= 11 is 0. The lowest BCUT2D eigenvalue weighted by atomic mass is 9.81. The summed E-state index contributed by atoms with van der Waals surface area (Å²) in [6, 6.07) is 0. The molecule has 19 heavy (non-hydrogen) atoms. The number of hydrogen-bond donors (Lipinski definition) is 0. The van der Waals surface area contributed by atoms with E-state index in [4.69, 9.17) is 4.74 Å². The van der Waals surface area contributed by atoms with E-state index in [1.807, 2.05) is 4.90 Å². The summed E-state index contributed by atoms with van der Waals surface area (Å²) in [5.74, 6) is 2.32. The zero-order chi connectivity index (χ0) is 13.2. The number of rotatable bonds is 4. The third-order valence-corrected chi connectivity index (χ3v) is 5.22. The molecule has 0 spiro atoms. The highest BCUT2D eigenvalue weighted by Gasteiger charge is 2.37. The maximum absolute atomic E-state index is 12.0. The number of hydrogen-bond acceptors (Lipinski definition) is 2. The third-order valence-electron chi connectivity index (χ3n) is 5.22. The topological polar surface area (TPSA) is 29.5 Å². The smallest absolute Gasteiger partial charge is 0.225 e. The summed E-state index contributed by atoms with van der Waals surface area (Å²) in [6.45, 7) is 5.04. The fourth-order valence-electron chi connectivity index (χ4n) is 3.55. The van der Waals surface area contributed by atoms with Gasteiger partial charge < -0.3 is 9.64 Å². The van der Waals surface area contributed by atoms with Crippen LogP contribution in [0.5, 0.6) is 0 Å². The third kappa shape index (κ3) is 3.31. The highest BCUT2D eigenvalue weighted by molar-refractivity contribution is 5.81. The van der Waals surface area contributed by atoms with Crippen LogP contribution in [-0.4, -0.2) is 36.6 Å². The summed E-state index contributed by atoms with van der Waals surface area (Å²) in [7, 11) is 0. The molecule has 1 aliphatic heterocycles. The lowest BCUT2D eigenvalue weighted by molar-refractivity contribution is -0.132. The first-order chi connectivity index (χ1) is 9.24. The van der Waals surface area contributed by atoms with E-state index in [2.05, 4.69) is 6.92 Å². The van der Waals surface area contributed by atoms with Crippen LogP contribution in [0.4, 0.5) is 0 Å². The van der Waals surface area contributed by atoms with E-state index in [0.717, 1.165) is 50.8 Å². The Morgan fingerprint density at radius 3 is 2.68 bits per heavy atom. The van der Waals surface area contributed by atoms with Crippen LogP contribution in [-0.2, 0) is 9.53 Å². The Bertz CT molecular complexity index is 327. The van der Waals surface area contributed by atoms with E-state index in [-0.39, 0.29) is 0 Å². The number of amides is 1. The van der Waals surface area contributed by atoms with Crippen LogP contribution in [0.25, 0.3) is 0 Å². The monoisotopic (exact) mass is 265 g/mol. The molecule has 0 aromatic rings. The second-order valence-corrected chi connectivity index (χ2v) is 6.82. The van der Waals surface area contributed by atoms with Gasteiger partial charge in [0.15, 0.2) is 0 Å². The molecule has 0 radical (unpaired) electrons. The summed E-state index contributed by atoms with van der Waals surface area (Å²) in [5.41, 5.74) is 0. The number of carbonyl (C=O) groups excluding carboxylic acids is 1. The minimum absolute atomic E-state index is 0.303. The Morgan fingerprint density at radius 2 is 1.95 bits per heavy atom. The van der Waals surface area contributed by atoms with Crippen molar-refractivity contribution in [2.24, 2.45) is 17.8 Å². The molecule has 3 atom stereocenters. The molecular weight excluding hydrogens is 238 g/mol. The van der Waals surface area contributed by atoms with Gasteiger partial charge in [0.2, 0.25) is 5.91 Å². The maximum Gasteiger partial charge on any atom is 0.225 e. The first kappa shape index (κ1) is 13.4. The summed E-state index contributed by atoms with van der Waals surface area (Å²) < 4.78 is 6.10. The molecule has 2 saturated carbocycles. The van der Waals surface area contributed by atoms with Crippen molar-refractivity contribution in [3.05, 3.63) is 0 Å². The highest BCUT2D eigenvalue weighted by atomic mass is 16.5. The molecule has 1 amide bonds. The predicted octanol–water partition coefficient (Wildman–Crippen LogP) is 2.84. The number of nitrogens with zero attached hydrogens (tertiary/aromatic N) is 1. The van der Waals surface area contributed by atoms with Crippen molar-refractivity contribution in [1.29, 1.82) is 0 Å². The van der Waals surface area contributed by atoms with Gasteiger partial charge in [0, 0.05) is 19.0 Å². The second-order valence-electron chi connectivity index (χ2n) is 6.82. The van der Waals surface area contributed by atoms with Gasteiger partial charge in [0.05, 0.1) is 12.7 Å².